The van der Waals surface area contributed by atoms with Crippen LogP contribution in [0.25, 0.3) is 0 Å². The first-order valence-corrected chi connectivity index (χ1v) is 11.2. The minimum atomic E-state index is -3.42. The van der Waals surface area contributed by atoms with Gasteiger partial charge in [-0.3, -0.25) is 0 Å². The SMILES string of the molecule is O=S(=O)(CC[NH+]1CC[NH+](Cc2ccccc2)CC1)c1cc(Cl)ccc1Cl. The maximum absolute atomic E-state index is 12.6. The van der Waals surface area contributed by atoms with Gasteiger partial charge in [-0.2, -0.15) is 0 Å². The molecule has 0 aromatic heterocycles. The van der Waals surface area contributed by atoms with E-state index in [1.165, 1.54) is 22.6 Å². The van der Waals surface area contributed by atoms with Gasteiger partial charge in [-0.1, -0.05) is 53.5 Å². The Morgan fingerprint density at radius 2 is 1.54 bits per heavy atom. The fraction of sp³-hybridized carbons (Fsp3) is 0.368. The minimum Gasteiger partial charge on any atom is -0.325 e. The normalized spacial score (nSPS) is 20.8. The zero-order valence-electron chi connectivity index (χ0n) is 14.5. The zero-order valence-corrected chi connectivity index (χ0v) is 16.9. The van der Waals surface area contributed by atoms with E-state index in [0.29, 0.717) is 11.6 Å². The summed E-state index contributed by atoms with van der Waals surface area (Å²) in [7, 11) is -3.42. The summed E-state index contributed by atoms with van der Waals surface area (Å²) >= 11 is 12.0. The van der Waals surface area contributed by atoms with Crippen molar-refractivity contribution in [1.82, 2.24) is 0 Å². The van der Waals surface area contributed by atoms with E-state index in [9.17, 15) is 8.42 Å². The van der Waals surface area contributed by atoms with Crippen LogP contribution in [0.15, 0.2) is 53.4 Å². The van der Waals surface area contributed by atoms with Crippen molar-refractivity contribution in [1.29, 1.82) is 0 Å². The van der Waals surface area contributed by atoms with Gasteiger partial charge in [0.2, 0.25) is 0 Å². The van der Waals surface area contributed by atoms with Gasteiger partial charge in [0.1, 0.15) is 38.5 Å². The van der Waals surface area contributed by atoms with Gasteiger partial charge >= 0.3 is 0 Å². The molecule has 0 unspecified atom stereocenters. The number of quaternary nitrogens is 2. The Kier molecular flexibility index (Phi) is 6.59. The second kappa shape index (κ2) is 8.72. The molecule has 0 amide bonds. The van der Waals surface area contributed by atoms with Crippen molar-refractivity contribution in [2.75, 3.05) is 38.5 Å². The average Bonchev–Trinajstić information content (AvgIpc) is 2.64. The quantitative estimate of drug-likeness (QED) is 0.732. The molecule has 1 heterocycles. The molecule has 0 radical (unpaired) electrons. The third-order valence-corrected chi connectivity index (χ3v) is 7.34. The molecule has 1 aliphatic heterocycles. The minimum absolute atomic E-state index is 0.0937. The molecule has 0 spiro atoms. The molecule has 1 saturated heterocycles. The summed E-state index contributed by atoms with van der Waals surface area (Å²) in [6, 6.07) is 15.1. The van der Waals surface area contributed by atoms with Gasteiger partial charge in [0.15, 0.2) is 9.84 Å². The number of halogens is 2. The molecule has 2 N–H and O–H groups in total. The highest BCUT2D eigenvalue weighted by Crippen LogP contribution is 2.25. The number of benzene rings is 2. The molecule has 4 nitrogen and oxygen atoms in total. The fourth-order valence-corrected chi connectivity index (χ4v) is 5.53. The van der Waals surface area contributed by atoms with Gasteiger partial charge < -0.3 is 9.80 Å². The molecule has 2 aromatic rings. The van der Waals surface area contributed by atoms with Gasteiger partial charge in [-0.25, -0.2) is 8.42 Å². The molecular formula is C19H24Cl2N2O2S+2. The topological polar surface area (TPSA) is 43.0 Å². The van der Waals surface area contributed by atoms with Crippen LogP contribution in [-0.2, 0) is 16.4 Å². The van der Waals surface area contributed by atoms with Gasteiger partial charge in [0.25, 0.3) is 0 Å². The van der Waals surface area contributed by atoms with Crippen LogP contribution in [0.4, 0.5) is 0 Å². The van der Waals surface area contributed by atoms with Crippen LogP contribution >= 0.6 is 23.2 Å². The van der Waals surface area contributed by atoms with Gasteiger partial charge in [0, 0.05) is 10.6 Å². The average molecular weight is 415 g/mol. The van der Waals surface area contributed by atoms with E-state index in [4.69, 9.17) is 23.2 Å². The van der Waals surface area contributed by atoms with Crippen molar-refractivity contribution in [3.63, 3.8) is 0 Å². The smallest absolute Gasteiger partial charge is 0.185 e. The van der Waals surface area contributed by atoms with Crippen LogP contribution in [0.2, 0.25) is 10.0 Å². The third kappa shape index (κ3) is 5.21. The number of nitrogens with one attached hydrogen (secondary N) is 2. The van der Waals surface area contributed by atoms with Crippen molar-refractivity contribution in [3.05, 3.63) is 64.1 Å². The second-order valence-electron chi connectivity index (χ2n) is 6.81. The lowest BCUT2D eigenvalue weighted by Crippen LogP contribution is -3.27. The van der Waals surface area contributed by atoms with E-state index >= 15 is 0 Å². The van der Waals surface area contributed by atoms with E-state index < -0.39 is 9.84 Å². The van der Waals surface area contributed by atoms with Crippen LogP contribution in [0.5, 0.6) is 0 Å². The van der Waals surface area contributed by atoms with Crippen LogP contribution in [0.1, 0.15) is 5.56 Å². The first kappa shape index (κ1) is 19.6. The summed E-state index contributed by atoms with van der Waals surface area (Å²) in [4.78, 5) is 3.03. The van der Waals surface area contributed by atoms with Crippen LogP contribution in [0, 0.1) is 0 Å². The van der Waals surface area contributed by atoms with Gasteiger partial charge in [-0.05, 0) is 18.2 Å². The summed E-state index contributed by atoms with van der Waals surface area (Å²) in [5, 5.41) is 0.625. The fourth-order valence-electron chi connectivity index (χ4n) is 3.37. The van der Waals surface area contributed by atoms with Crippen LogP contribution in [-0.4, -0.2) is 46.9 Å². The van der Waals surface area contributed by atoms with E-state index in [0.717, 1.165) is 32.7 Å². The van der Waals surface area contributed by atoms with E-state index in [2.05, 4.69) is 24.3 Å². The molecule has 2 aromatic carbocycles. The summed E-state index contributed by atoms with van der Waals surface area (Å²) in [6.45, 7) is 5.72. The zero-order chi connectivity index (χ0) is 18.6. The van der Waals surface area contributed by atoms with Crippen LogP contribution < -0.4 is 9.80 Å². The Hall–Kier alpha value is -1.11. The lowest BCUT2D eigenvalue weighted by molar-refractivity contribution is -1.02. The summed E-state index contributed by atoms with van der Waals surface area (Å²) in [5.74, 6) is 0.0937. The van der Waals surface area contributed by atoms with Crippen molar-refractivity contribution < 1.29 is 18.2 Å². The monoisotopic (exact) mass is 414 g/mol. The first-order valence-electron chi connectivity index (χ1n) is 8.83. The van der Waals surface area contributed by atoms with Gasteiger partial charge in [-0.15, -0.1) is 0 Å². The maximum Gasteiger partial charge on any atom is 0.185 e. The van der Waals surface area contributed by atoms with Crippen molar-refractivity contribution in [3.8, 4) is 0 Å². The third-order valence-electron chi connectivity index (χ3n) is 4.91. The maximum atomic E-state index is 12.6. The van der Waals surface area contributed by atoms with Gasteiger partial charge in [0.05, 0.1) is 16.5 Å². The highest BCUT2D eigenvalue weighted by atomic mass is 35.5. The summed E-state index contributed by atoms with van der Waals surface area (Å²) in [5.41, 5.74) is 1.35. The highest BCUT2D eigenvalue weighted by Gasteiger charge is 2.26. The Balaban J connectivity index is 1.51. The van der Waals surface area contributed by atoms with Crippen molar-refractivity contribution in [2.45, 2.75) is 11.4 Å². The number of hydrogen-bond donors (Lipinski definition) is 2. The first-order chi connectivity index (χ1) is 12.4. The number of hydrogen-bond acceptors (Lipinski definition) is 2. The molecule has 0 saturated carbocycles. The Bertz CT molecular complexity index is 836. The standard InChI is InChI=1S/C19H22Cl2N2O2S/c20-17-6-7-18(21)19(14-17)26(24,25)13-12-22-8-10-23(11-9-22)15-16-4-2-1-3-5-16/h1-7,14H,8-13,15H2/p+2. The second-order valence-corrected chi connectivity index (χ2v) is 9.73. The number of rotatable bonds is 6. The summed E-state index contributed by atoms with van der Waals surface area (Å²) in [6.07, 6.45) is 0. The number of sulfone groups is 1. The number of piperazine rings is 1. The highest BCUT2D eigenvalue weighted by molar-refractivity contribution is 7.91. The molecule has 3 rings (SSSR count). The lowest BCUT2D eigenvalue weighted by atomic mass is 10.2. The lowest BCUT2D eigenvalue weighted by Gasteiger charge is -2.29. The Labute approximate surface area is 165 Å². The molecular weight excluding hydrogens is 391 g/mol. The molecule has 140 valence electrons. The molecule has 0 aliphatic carbocycles. The van der Waals surface area contributed by atoms with E-state index in [1.807, 2.05) is 6.07 Å². The van der Waals surface area contributed by atoms with Crippen molar-refractivity contribution in [2.24, 2.45) is 0 Å². The van der Waals surface area contributed by atoms with Crippen molar-refractivity contribution >= 4 is 33.0 Å². The van der Waals surface area contributed by atoms with Crippen LogP contribution in [0.3, 0.4) is 0 Å². The molecule has 1 fully saturated rings. The molecule has 1 aliphatic rings. The Morgan fingerprint density at radius 3 is 2.23 bits per heavy atom. The molecule has 0 atom stereocenters. The van der Waals surface area contributed by atoms with E-state index in [-0.39, 0.29) is 15.7 Å². The van der Waals surface area contributed by atoms with E-state index in [1.54, 1.807) is 11.0 Å². The predicted molar refractivity (Wildman–Crippen MR) is 105 cm³/mol. The molecule has 26 heavy (non-hydrogen) atoms. The largest absolute Gasteiger partial charge is 0.325 e. The predicted octanol–water partition coefficient (Wildman–Crippen LogP) is 0.751. The molecule has 7 heteroatoms. The summed E-state index contributed by atoms with van der Waals surface area (Å²) < 4.78 is 25.2. The molecule has 0 bridgehead atoms. The Morgan fingerprint density at radius 1 is 0.885 bits per heavy atom.